The summed E-state index contributed by atoms with van der Waals surface area (Å²) in [4.78, 5) is 4.33. The Morgan fingerprint density at radius 2 is 2.10 bits per heavy atom. The molecular weight excluding hydrogens is 308 g/mol. The molecule has 0 N–H and O–H groups in total. The van der Waals surface area contributed by atoms with Gasteiger partial charge in [0.05, 0.1) is 10.9 Å². The second kappa shape index (κ2) is 5.75. The molecule has 1 fully saturated rings. The van der Waals surface area contributed by atoms with Crippen molar-refractivity contribution in [3.63, 3.8) is 0 Å². The Morgan fingerprint density at radius 3 is 2.81 bits per heavy atom. The molecule has 6 heteroatoms. The van der Waals surface area contributed by atoms with Gasteiger partial charge in [0.1, 0.15) is 0 Å². The molecule has 1 atom stereocenters. The Morgan fingerprint density at radius 1 is 1.24 bits per heavy atom. The smallest absolute Gasteiger partial charge is 0.243 e. The summed E-state index contributed by atoms with van der Waals surface area (Å²) in [5, 5.41) is 0.424. The zero-order chi connectivity index (χ0) is 14.9. The molecule has 1 aliphatic heterocycles. The SMILES string of the molecule is O=S(=O)(c1cccc(Cl)c1)N1CCCC1c1cccnc1. The topological polar surface area (TPSA) is 50.3 Å². The van der Waals surface area contributed by atoms with Gasteiger partial charge in [-0.25, -0.2) is 8.42 Å². The average molecular weight is 323 g/mol. The maximum atomic E-state index is 12.8. The number of pyridine rings is 1. The molecule has 110 valence electrons. The van der Waals surface area contributed by atoms with Crippen LogP contribution in [0.1, 0.15) is 24.4 Å². The van der Waals surface area contributed by atoms with Crippen LogP contribution < -0.4 is 0 Å². The van der Waals surface area contributed by atoms with Crippen LogP contribution in [0, 0.1) is 0 Å². The third-order valence-corrected chi connectivity index (χ3v) is 5.81. The van der Waals surface area contributed by atoms with Crippen molar-refractivity contribution in [1.29, 1.82) is 0 Å². The highest BCUT2D eigenvalue weighted by Crippen LogP contribution is 2.36. The van der Waals surface area contributed by atoms with E-state index in [0.29, 0.717) is 11.6 Å². The van der Waals surface area contributed by atoms with E-state index in [4.69, 9.17) is 11.6 Å². The fourth-order valence-corrected chi connectivity index (χ4v) is 4.68. The monoisotopic (exact) mass is 322 g/mol. The molecule has 2 aromatic rings. The van der Waals surface area contributed by atoms with Gasteiger partial charge < -0.3 is 0 Å². The van der Waals surface area contributed by atoms with Crippen molar-refractivity contribution in [2.75, 3.05) is 6.54 Å². The predicted octanol–water partition coefficient (Wildman–Crippen LogP) is 3.26. The summed E-state index contributed by atoms with van der Waals surface area (Å²) in [6, 6.07) is 10.0. The molecule has 3 rings (SSSR count). The van der Waals surface area contributed by atoms with Crippen molar-refractivity contribution in [2.45, 2.75) is 23.8 Å². The van der Waals surface area contributed by atoms with Gasteiger partial charge in [-0.3, -0.25) is 4.98 Å². The van der Waals surface area contributed by atoms with E-state index >= 15 is 0 Å². The first-order valence-corrected chi connectivity index (χ1v) is 8.58. The van der Waals surface area contributed by atoms with Gasteiger partial charge in [-0.1, -0.05) is 23.7 Å². The molecule has 0 spiro atoms. The average Bonchev–Trinajstić information content (AvgIpc) is 2.98. The van der Waals surface area contributed by atoms with Crippen LogP contribution in [0.5, 0.6) is 0 Å². The molecule has 2 heterocycles. The van der Waals surface area contributed by atoms with Crippen LogP contribution >= 0.6 is 11.6 Å². The Bertz CT molecular complexity index is 734. The van der Waals surface area contributed by atoms with Gasteiger partial charge in [0.15, 0.2) is 0 Å². The lowest BCUT2D eigenvalue weighted by molar-refractivity contribution is 0.396. The molecule has 1 aliphatic rings. The van der Waals surface area contributed by atoms with Gasteiger partial charge >= 0.3 is 0 Å². The lowest BCUT2D eigenvalue weighted by Crippen LogP contribution is -2.30. The molecular formula is C15H15ClN2O2S. The lowest BCUT2D eigenvalue weighted by atomic mass is 10.1. The summed E-state index contributed by atoms with van der Waals surface area (Å²) in [6.45, 7) is 0.522. The number of hydrogen-bond donors (Lipinski definition) is 0. The first-order valence-electron chi connectivity index (χ1n) is 6.76. The minimum Gasteiger partial charge on any atom is -0.264 e. The van der Waals surface area contributed by atoms with Crippen LogP contribution in [0.4, 0.5) is 0 Å². The maximum Gasteiger partial charge on any atom is 0.243 e. The van der Waals surface area contributed by atoms with Gasteiger partial charge in [-0.15, -0.1) is 0 Å². The summed E-state index contributed by atoms with van der Waals surface area (Å²) < 4.78 is 27.2. The van der Waals surface area contributed by atoms with Gasteiger partial charge in [-0.05, 0) is 42.7 Å². The maximum absolute atomic E-state index is 12.8. The summed E-state index contributed by atoms with van der Waals surface area (Å²) in [5.41, 5.74) is 0.931. The summed E-state index contributed by atoms with van der Waals surface area (Å²) in [7, 11) is -3.54. The first kappa shape index (κ1) is 14.5. The predicted molar refractivity (Wildman–Crippen MR) is 81.6 cm³/mol. The lowest BCUT2D eigenvalue weighted by Gasteiger charge is -2.24. The van der Waals surface area contributed by atoms with Crippen molar-refractivity contribution in [1.82, 2.24) is 9.29 Å². The number of nitrogens with zero attached hydrogens (tertiary/aromatic N) is 2. The normalized spacial score (nSPS) is 19.8. The Balaban J connectivity index is 1.98. The largest absolute Gasteiger partial charge is 0.264 e. The van der Waals surface area contributed by atoms with Crippen molar-refractivity contribution >= 4 is 21.6 Å². The zero-order valence-corrected chi connectivity index (χ0v) is 12.9. The highest BCUT2D eigenvalue weighted by Gasteiger charge is 2.36. The summed E-state index contributed by atoms with van der Waals surface area (Å²) in [5.74, 6) is 0. The van der Waals surface area contributed by atoms with Crippen molar-refractivity contribution in [3.8, 4) is 0 Å². The summed E-state index contributed by atoms with van der Waals surface area (Å²) >= 11 is 5.92. The van der Waals surface area contributed by atoms with Gasteiger partial charge in [0, 0.05) is 24.0 Å². The molecule has 1 aromatic carbocycles. The molecule has 1 saturated heterocycles. The van der Waals surface area contributed by atoms with Crippen LogP contribution in [0.3, 0.4) is 0 Å². The van der Waals surface area contributed by atoms with E-state index in [1.165, 1.54) is 6.07 Å². The van der Waals surface area contributed by atoms with E-state index in [1.807, 2.05) is 12.1 Å². The third-order valence-electron chi connectivity index (χ3n) is 3.68. The van der Waals surface area contributed by atoms with Crippen LogP contribution in [0.2, 0.25) is 5.02 Å². The van der Waals surface area contributed by atoms with Gasteiger partial charge in [0.25, 0.3) is 0 Å². The second-order valence-corrected chi connectivity index (χ2v) is 7.34. The van der Waals surface area contributed by atoms with Gasteiger partial charge in [0.2, 0.25) is 10.0 Å². The highest BCUT2D eigenvalue weighted by atomic mass is 35.5. The highest BCUT2D eigenvalue weighted by molar-refractivity contribution is 7.89. The van der Waals surface area contributed by atoms with Gasteiger partial charge in [-0.2, -0.15) is 4.31 Å². The molecule has 0 aliphatic carbocycles. The van der Waals surface area contributed by atoms with Crippen LogP contribution in [-0.2, 0) is 10.0 Å². The van der Waals surface area contributed by atoms with Crippen LogP contribution in [-0.4, -0.2) is 24.3 Å². The number of rotatable bonds is 3. The minimum absolute atomic E-state index is 0.150. The molecule has 4 nitrogen and oxygen atoms in total. The van der Waals surface area contributed by atoms with Crippen molar-refractivity contribution < 1.29 is 8.42 Å². The number of aromatic nitrogens is 1. The Kier molecular flexibility index (Phi) is 3.97. The molecule has 0 bridgehead atoms. The van der Waals surface area contributed by atoms with E-state index in [2.05, 4.69) is 4.98 Å². The van der Waals surface area contributed by atoms with E-state index < -0.39 is 10.0 Å². The second-order valence-electron chi connectivity index (χ2n) is 5.02. The first-order chi connectivity index (χ1) is 10.1. The minimum atomic E-state index is -3.54. The molecule has 0 amide bonds. The standard InChI is InChI=1S/C15H15ClN2O2S/c16-13-5-1-6-14(10-13)21(19,20)18-9-3-7-15(18)12-4-2-8-17-11-12/h1-2,4-6,8,10-11,15H,3,7,9H2. The van der Waals surface area contributed by atoms with E-state index in [-0.39, 0.29) is 10.9 Å². The number of hydrogen-bond acceptors (Lipinski definition) is 3. The molecule has 0 radical (unpaired) electrons. The van der Waals surface area contributed by atoms with Crippen LogP contribution in [0.15, 0.2) is 53.7 Å². The molecule has 21 heavy (non-hydrogen) atoms. The third kappa shape index (κ3) is 2.81. The molecule has 0 saturated carbocycles. The fourth-order valence-electron chi connectivity index (χ4n) is 2.70. The fraction of sp³-hybridized carbons (Fsp3) is 0.267. The molecule has 1 unspecified atom stereocenters. The zero-order valence-electron chi connectivity index (χ0n) is 11.3. The Hall–Kier alpha value is -1.43. The Labute approximate surface area is 129 Å². The number of sulfonamides is 1. The summed E-state index contributed by atoms with van der Waals surface area (Å²) in [6.07, 6.45) is 5.08. The quantitative estimate of drug-likeness (QED) is 0.871. The van der Waals surface area contributed by atoms with E-state index in [1.54, 1.807) is 34.9 Å². The van der Waals surface area contributed by atoms with Crippen molar-refractivity contribution in [2.24, 2.45) is 0 Å². The van der Waals surface area contributed by atoms with Crippen molar-refractivity contribution in [3.05, 3.63) is 59.4 Å². The van der Waals surface area contributed by atoms with E-state index in [0.717, 1.165) is 18.4 Å². The number of halogens is 1. The van der Waals surface area contributed by atoms with E-state index in [9.17, 15) is 8.42 Å². The van der Waals surface area contributed by atoms with Crippen LogP contribution in [0.25, 0.3) is 0 Å². The molecule has 1 aromatic heterocycles. The number of benzene rings is 1.